The third-order valence-corrected chi connectivity index (χ3v) is 2.34. The highest BCUT2D eigenvalue weighted by Crippen LogP contribution is 2.04. The van der Waals surface area contributed by atoms with E-state index in [1.54, 1.807) is 0 Å². The summed E-state index contributed by atoms with van der Waals surface area (Å²) in [5.74, 6) is 0.0628. The van der Waals surface area contributed by atoms with Gasteiger partial charge >= 0.3 is 0 Å². The number of nitrogens with two attached hydrogens (primary N) is 1. The minimum Gasteiger partial charge on any atom is -0.378 e. The van der Waals surface area contributed by atoms with Gasteiger partial charge in [-0.15, -0.1) is 0 Å². The first-order valence-electron chi connectivity index (χ1n) is 5.06. The number of carbonyl (C=O) groups is 1. The van der Waals surface area contributed by atoms with Crippen molar-refractivity contribution in [3.63, 3.8) is 0 Å². The lowest BCUT2D eigenvalue weighted by Crippen LogP contribution is -2.52. The van der Waals surface area contributed by atoms with Gasteiger partial charge in [0.15, 0.2) is 0 Å². The van der Waals surface area contributed by atoms with E-state index in [-0.39, 0.29) is 11.9 Å². The normalized spacial score (nSPS) is 23.4. The Bertz CT molecular complexity index is 187. The molecule has 0 aliphatic carbocycles. The zero-order chi connectivity index (χ0) is 10.4. The molecular formula is C9H19N3O2. The third-order valence-electron chi connectivity index (χ3n) is 2.34. The highest BCUT2D eigenvalue weighted by molar-refractivity contribution is 5.77. The smallest absolute Gasteiger partial charge is 0.234 e. The van der Waals surface area contributed by atoms with Crippen molar-refractivity contribution in [1.82, 2.24) is 10.2 Å². The largest absolute Gasteiger partial charge is 0.378 e. The molecule has 0 aromatic carbocycles. The van der Waals surface area contributed by atoms with Crippen LogP contribution in [0, 0.1) is 0 Å². The van der Waals surface area contributed by atoms with E-state index in [0.29, 0.717) is 32.8 Å². The molecule has 5 heteroatoms. The zero-order valence-electron chi connectivity index (χ0n) is 8.66. The average Bonchev–Trinajstić information content (AvgIpc) is 2.19. The van der Waals surface area contributed by atoms with Crippen LogP contribution in [-0.4, -0.2) is 56.2 Å². The van der Waals surface area contributed by atoms with Crippen LogP contribution in [0.3, 0.4) is 0 Å². The molecule has 1 aliphatic rings. The van der Waals surface area contributed by atoms with Crippen molar-refractivity contribution in [2.45, 2.75) is 13.0 Å². The van der Waals surface area contributed by atoms with Crippen LogP contribution in [0.5, 0.6) is 0 Å². The SMILES string of the molecule is CCNC(=O)CN1CCOCC1CN. The first kappa shape index (κ1) is 11.4. The molecule has 0 aromatic heterocycles. The molecule has 14 heavy (non-hydrogen) atoms. The van der Waals surface area contributed by atoms with Crippen LogP contribution in [0.2, 0.25) is 0 Å². The molecule has 1 saturated heterocycles. The molecule has 1 amide bonds. The number of hydrogen-bond donors (Lipinski definition) is 2. The van der Waals surface area contributed by atoms with Gasteiger partial charge in [0.1, 0.15) is 0 Å². The van der Waals surface area contributed by atoms with Crippen LogP contribution in [0.4, 0.5) is 0 Å². The molecule has 1 atom stereocenters. The molecule has 0 saturated carbocycles. The van der Waals surface area contributed by atoms with Crippen molar-refractivity contribution in [1.29, 1.82) is 0 Å². The number of rotatable bonds is 4. The van der Waals surface area contributed by atoms with Gasteiger partial charge in [-0.3, -0.25) is 9.69 Å². The van der Waals surface area contributed by atoms with Crippen LogP contribution in [0.15, 0.2) is 0 Å². The maximum atomic E-state index is 11.3. The summed E-state index contributed by atoms with van der Waals surface area (Å²) in [4.78, 5) is 13.4. The van der Waals surface area contributed by atoms with E-state index < -0.39 is 0 Å². The topological polar surface area (TPSA) is 67.6 Å². The van der Waals surface area contributed by atoms with Gasteiger partial charge in [0.25, 0.3) is 0 Å². The lowest BCUT2D eigenvalue weighted by atomic mass is 10.2. The Balaban J connectivity index is 2.36. The standard InChI is InChI=1S/C9H19N3O2/c1-2-11-9(13)6-12-3-4-14-7-8(12)5-10/h8H,2-7,10H2,1H3,(H,11,13). The second-order valence-electron chi connectivity index (χ2n) is 3.39. The fourth-order valence-corrected chi connectivity index (χ4v) is 1.55. The van der Waals surface area contributed by atoms with Crippen molar-refractivity contribution in [2.24, 2.45) is 5.73 Å². The lowest BCUT2D eigenvalue weighted by molar-refractivity contribution is -0.124. The molecule has 1 rings (SSSR count). The second kappa shape index (κ2) is 5.95. The van der Waals surface area contributed by atoms with Crippen LogP contribution in [-0.2, 0) is 9.53 Å². The summed E-state index contributed by atoms with van der Waals surface area (Å²) in [7, 11) is 0. The molecular weight excluding hydrogens is 182 g/mol. The Morgan fingerprint density at radius 3 is 3.14 bits per heavy atom. The Hall–Kier alpha value is -0.650. The van der Waals surface area contributed by atoms with Gasteiger partial charge in [-0.2, -0.15) is 0 Å². The van der Waals surface area contributed by atoms with E-state index in [0.717, 1.165) is 6.54 Å². The minimum atomic E-state index is 0.0628. The van der Waals surface area contributed by atoms with E-state index in [1.165, 1.54) is 0 Å². The molecule has 1 fully saturated rings. The number of ether oxygens (including phenoxy) is 1. The number of nitrogens with one attached hydrogen (secondary N) is 1. The third kappa shape index (κ3) is 3.25. The average molecular weight is 201 g/mol. The number of likely N-dealkylation sites (N-methyl/N-ethyl adjacent to an activating group) is 1. The zero-order valence-corrected chi connectivity index (χ0v) is 8.66. The van der Waals surface area contributed by atoms with Gasteiger partial charge < -0.3 is 15.8 Å². The molecule has 3 N–H and O–H groups in total. The molecule has 0 radical (unpaired) electrons. The van der Waals surface area contributed by atoms with Gasteiger partial charge in [-0.05, 0) is 6.92 Å². The van der Waals surface area contributed by atoms with E-state index in [2.05, 4.69) is 10.2 Å². The molecule has 1 unspecified atom stereocenters. The summed E-state index contributed by atoms with van der Waals surface area (Å²) < 4.78 is 5.29. The van der Waals surface area contributed by atoms with Gasteiger partial charge in [-0.1, -0.05) is 0 Å². The Morgan fingerprint density at radius 2 is 2.50 bits per heavy atom. The molecule has 0 spiro atoms. The number of hydrogen-bond acceptors (Lipinski definition) is 4. The van der Waals surface area contributed by atoms with Crippen LogP contribution in [0.1, 0.15) is 6.92 Å². The highest BCUT2D eigenvalue weighted by atomic mass is 16.5. The van der Waals surface area contributed by atoms with Gasteiger partial charge in [-0.25, -0.2) is 0 Å². The van der Waals surface area contributed by atoms with Crippen LogP contribution in [0.25, 0.3) is 0 Å². The number of nitrogens with zero attached hydrogens (tertiary/aromatic N) is 1. The Kier molecular flexibility index (Phi) is 4.86. The predicted octanol–water partition coefficient (Wildman–Crippen LogP) is -1.22. The van der Waals surface area contributed by atoms with Crippen molar-refractivity contribution in [3.05, 3.63) is 0 Å². The lowest BCUT2D eigenvalue weighted by Gasteiger charge is -2.34. The van der Waals surface area contributed by atoms with Crippen molar-refractivity contribution in [2.75, 3.05) is 39.4 Å². The van der Waals surface area contributed by atoms with E-state index >= 15 is 0 Å². The van der Waals surface area contributed by atoms with Gasteiger partial charge in [0, 0.05) is 25.7 Å². The van der Waals surface area contributed by atoms with E-state index in [1.807, 2.05) is 6.92 Å². The van der Waals surface area contributed by atoms with Gasteiger partial charge in [0.2, 0.25) is 5.91 Å². The monoisotopic (exact) mass is 201 g/mol. The second-order valence-corrected chi connectivity index (χ2v) is 3.39. The fraction of sp³-hybridized carbons (Fsp3) is 0.889. The Labute approximate surface area is 84.6 Å². The molecule has 1 heterocycles. The van der Waals surface area contributed by atoms with Crippen LogP contribution < -0.4 is 11.1 Å². The molecule has 0 bridgehead atoms. The summed E-state index contributed by atoms with van der Waals surface area (Å²) in [6, 6.07) is 0.186. The number of morpholine rings is 1. The summed E-state index contributed by atoms with van der Waals surface area (Å²) in [5, 5.41) is 2.78. The van der Waals surface area contributed by atoms with E-state index in [4.69, 9.17) is 10.5 Å². The Morgan fingerprint density at radius 1 is 1.71 bits per heavy atom. The minimum absolute atomic E-state index is 0.0628. The number of carbonyl (C=O) groups excluding carboxylic acids is 1. The van der Waals surface area contributed by atoms with Crippen molar-refractivity contribution >= 4 is 5.91 Å². The summed E-state index contributed by atoms with van der Waals surface area (Å²) in [5.41, 5.74) is 5.59. The quantitative estimate of drug-likeness (QED) is 0.598. The fourth-order valence-electron chi connectivity index (χ4n) is 1.55. The molecule has 1 aliphatic heterocycles. The number of amides is 1. The molecule has 82 valence electrons. The molecule has 0 aromatic rings. The summed E-state index contributed by atoms with van der Waals surface area (Å²) in [6.07, 6.45) is 0. The summed E-state index contributed by atoms with van der Waals surface area (Å²) in [6.45, 7) is 5.68. The van der Waals surface area contributed by atoms with Crippen molar-refractivity contribution < 1.29 is 9.53 Å². The first-order valence-corrected chi connectivity index (χ1v) is 5.06. The predicted molar refractivity (Wildman–Crippen MR) is 53.9 cm³/mol. The molecule has 5 nitrogen and oxygen atoms in total. The maximum Gasteiger partial charge on any atom is 0.234 e. The van der Waals surface area contributed by atoms with Crippen molar-refractivity contribution in [3.8, 4) is 0 Å². The summed E-state index contributed by atoms with van der Waals surface area (Å²) >= 11 is 0. The van der Waals surface area contributed by atoms with E-state index in [9.17, 15) is 4.79 Å². The van der Waals surface area contributed by atoms with Gasteiger partial charge in [0.05, 0.1) is 19.8 Å². The van der Waals surface area contributed by atoms with Crippen LogP contribution >= 0.6 is 0 Å². The first-order chi connectivity index (χ1) is 6.77. The highest BCUT2D eigenvalue weighted by Gasteiger charge is 2.23. The maximum absolute atomic E-state index is 11.3.